The van der Waals surface area contributed by atoms with Gasteiger partial charge >= 0.3 is 0 Å². The van der Waals surface area contributed by atoms with E-state index in [1.165, 1.54) is 16.7 Å². The normalized spacial score (nSPS) is 14.5. The number of carbonyl (C=O) groups is 2. The molecule has 0 aromatic heterocycles. The molecule has 0 saturated carbocycles. The zero-order valence-electron chi connectivity index (χ0n) is 15.6. The van der Waals surface area contributed by atoms with Crippen molar-refractivity contribution in [3.8, 4) is 5.75 Å². The van der Waals surface area contributed by atoms with E-state index in [0.717, 1.165) is 0 Å². The Kier molecular flexibility index (Phi) is 5.63. The van der Waals surface area contributed by atoms with Gasteiger partial charge in [-0.3, -0.25) is 9.59 Å². The molecule has 0 unspecified atom stereocenters. The van der Waals surface area contributed by atoms with Crippen LogP contribution < -0.4 is 9.64 Å². The number of amides is 2. The van der Waals surface area contributed by atoms with Crippen LogP contribution in [0.25, 0.3) is 5.57 Å². The van der Waals surface area contributed by atoms with Gasteiger partial charge in [-0.15, -0.1) is 11.8 Å². The molecule has 1 heterocycles. The molecule has 0 fully saturated rings. The van der Waals surface area contributed by atoms with E-state index in [1.54, 1.807) is 44.4 Å². The minimum Gasteiger partial charge on any atom is -0.496 e. The van der Waals surface area contributed by atoms with Crippen molar-refractivity contribution >= 4 is 46.4 Å². The number of hydrogen-bond acceptors (Lipinski definition) is 4. The van der Waals surface area contributed by atoms with E-state index < -0.39 is 0 Å². The lowest BCUT2D eigenvalue weighted by atomic mass is 10.0. The zero-order chi connectivity index (χ0) is 19.7. The number of rotatable bonds is 5. The summed E-state index contributed by atoms with van der Waals surface area (Å²) in [4.78, 5) is 28.3. The highest BCUT2D eigenvalue weighted by Crippen LogP contribution is 2.43. The highest BCUT2D eigenvalue weighted by atomic mass is 35.5. The van der Waals surface area contributed by atoms with Crippen molar-refractivity contribution in [3.05, 3.63) is 63.5 Å². The smallest absolute Gasteiger partial charge is 0.272 e. The lowest BCUT2D eigenvalue weighted by Gasteiger charge is -2.18. The molecule has 3 rings (SSSR count). The maximum Gasteiger partial charge on any atom is 0.272 e. The molecule has 27 heavy (non-hydrogen) atoms. The second-order valence-electron chi connectivity index (χ2n) is 6.40. The van der Waals surface area contributed by atoms with Crippen molar-refractivity contribution in [3.63, 3.8) is 0 Å². The number of hydrogen-bond donors (Lipinski definition) is 0. The van der Waals surface area contributed by atoms with Gasteiger partial charge in [-0.2, -0.15) is 0 Å². The first-order valence-corrected chi connectivity index (χ1v) is 9.80. The molecular formula is C21H20ClNO3S. The predicted molar refractivity (Wildman–Crippen MR) is 111 cm³/mol. The summed E-state index contributed by atoms with van der Waals surface area (Å²) in [5, 5.41) is 0.652. The molecule has 0 bridgehead atoms. The number of anilines is 1. The van der Waals surface area contributed by atoms with Crippen LogP contribution in [-0.2, 0) is 9.59 Å². The van der Waals surface area contributed by atoms with Gasteiger partial charge in [0.25, 0.3) is 11.8 Å². The number of methoxy groups -OCH3 is 1. The topological polar surface area (TPSA) is 46.6 Å². The quantitative estimate of drug-likeness (QED) is 0.655. The predicted octanol–water partition coefficient (Wildman–Crippen LogP) is 5.08. The molecule has 0 saturated heterocycles. The lowest BCUT2D eigenvalue weighted by Crippen LogP contribution is -2.32. The fraction of sp³-hybridized carbons (Fsp3) is 0.238. The van der Waals surface area contributed by atoms with Gasteiger partial charge in [0.2, 0.25) is 0 Å². The van der Waals surface area contributed by atoms with Crippen LogP contribution in [-0.4, -0.2) is 24.2 Å². The van der Waals surface area contributed by atoms with Gasteiger partial charge in [0.1, 0.15) is 5.75 Å². The fourth-order valence-electron chi connectivity index (χ4n) is 3.00. The summed E-state index contributed by atoms with van der Waals surface area (Å²) < 4.78 is 5.43. The molecule has 0 spiro atoms. The van der Waals surface area contributed by atoms with E-state index >= 15 is 0 Å². The number of nitrogens with zero attached hydrogens (tertiary/aromatic N) is 1. The van der Waals surface area contributed by atoms with Gasteiger partial charge in [-0.1, -0.05) is 49.7 Å². The second-order valence-corrected chi connectivity index (χ2v) is 8.39. The Labute approximate surface area is 168 Å². The van der Waals surface area contributed by atoms with E-state index in [0.29, 0.717) is 38.1 Å². The maximum atomic E-state index is 13.4. The third-order valence-corrected chi connectivity index (χ3v) is 5.75. The molecule has 6 heteroatoms. The number of para-hydroxylation sites is 1. The summed E-state index contributed by atoms with van der Waals surface area (Å²) in [6, 6.07) is 12.5. The molecule has 2 aromatic rings. The van der Waals surface area contributed by atoms with Gasteiger partial charge in [0.05, 0.1) is 23.3 Å². The number of benzene rings is 2. The van der Waals surface area contributed by atoms with E-state index in [4.69, 9.17) is 16.3 Å². The van der Waals surface area contributed by atoms with Crippen LogP contribution in [0.3, 0.4) is 0 Å². The maximum absolute atomic E-state index is 13.4. The molecule has 0 N–H and O–H groups in total. The molecule has 0 radical (unpaired) electrons. The van der Waals surface area contributed by atoms with Crippen LogP contribution in [0.5, 0.6) is 5.75 Å². The molecule has 1 aliphatic rings. The van der Waals surface area contributed by atoms with Gasteiger partial charge in [-0.05, 0) is 30.7 Å². The Morgan fingerprint density at radius 2 is 1.74 bits per heavy atom. The average Bonchev–Trinajstić information content (AvgIpc) is 2.87. The van der Waals surface area contributed by atoms with Gasteiger partial charge in [0, 0.05) is 15.8 Å². The highest BCUT2D eigenvalue weighted by Gasteiger charge is 2.42. The van der Waals surface area contributed by atoms with Crippen molar-refractivity contribution in [1.29, 1.82) is 0 Å². The Morgan fingerprint density at radius 3 is 2.41 bits per heavy atom. The molecule has 0 atom stereocenters. The standard InChI is InChI=1S/C21H20ClNO3S/c1-12(2)27-19-18(14-8-5-6-11-17(14)26-4)20(24)23(21(19)25)16-10-7-9-15(22)13(16)3/h5-12H,1-4H3. The number of imide groups is 1. The molecule has 4 nitrogen and oxygen atoms in total. The monoisotopic (exact) mass is 401 g/mol. The Balaban J connectivity index is 2.19. The molecule has 1 aliphatic heterocycles. The summed E-state index contributed by atoms with van der Waals surface area (Å²) in [5.74, 6) is -0.136. The van der Waals surface area contributed by atoms with Crippen molar-refractivity contribution in [2.75, 3.05) is 12.0 Å². The number of carbonyl (C=O) groups excluding carboxylic acids is 2. The van der Waals surface area contributed by atoms with Crippen LogP contribution in [0.4, 0.5) is 5.69 Å². The summed E-state index contributed by atoms with van der Waals surface area (Å²) in [6.07, 6.45) is 0. The van der Waals surface area contributed by atoms with E-state index in [1.807, 2.05) is 26.0 Å². The molecule has 2 amide bonds. The Bertz CT molecular complexity index is 952. The Morgan fingerprint density at radius 1 is 1.04 bits per heavy atom. The van der Waals surface area contributed by atoms with Crippen LogP contribution in [0, 0.1) is 6.92 Å². The van der Waals surface area contributed by atoms with Crippen molar-refractivity contribution in [2.45, 2.75) is 26.0 Å². The molecule has 0 aliphatic carbocycles. The SMILES string of the molecule is COc1ccccc1C1=C(SC(C)C)C(=O)N(c2cccc(Cl)c2C)C1=O. The van der Waals surface area contributed by atoms with Crippen LogP contribution >= 0.6 is 23.4 Å². The fourth-order valence-corrected chi connectivity index (χ4v) is 4.15. The third kappa shape index (κ3) is 3.49. The highest BCUT2D eigenvalue weighted by molar-refractivity contribution is 8.04. The summed E-state index contributed by atoms with van der Waals surface area (Å²) in [6.45, 7) is 5.78. The number of thioether (sulfide) groups is 1. The van der Waals surface area contributed by atoms with Crippen molar-refractivity contribution < 1.29 is 14.3 Å². The minimum atomic E-state index is -0.363. The molecule has 140 valence electrons. The van der Waals surface area contributed by atoms with Crippen molar-refractivity contribution in [1.82, 2.24) is 0 Å². The summed E-state index contributed by atoms with van der Waals surface area (Å²) in [7, 11) is 1.55. The molecule has 2 aromatic carbocycles. The first kappa shape index (κ1) is 19.5. The van der Waals surface area contributed by atoms with Crippen LogP contribution in [0.15, 0.2) is 47.4 Å². The largest absolute Gasteiger partial charge is 0.496 e. The third-order valence-electron chi connectivity index (χ3n) is 4.25. The number of ether oxygens (including phenoxy) is 1. The molecular weight excluding hydrogens is 382 g/mol. The zero-order valence-corrected chi connectivity index (χ0v) is 17.1. The summed E-state index contributed by atoms with van der Waals surface area (Å²) in [5.41, 5.74) is 2.18. The van der Waals surface area contributed by atoms with Gasteiger partial charge in [0.15, 0.2) is 0 Å². The lowest BCUT2D eigenvalue weighted by molar-refractivity contribution is -0.119. The van der Waals surface area contributed by atoms with Gasteiger partial charge < -0.3 is 4.74 Å². The van der Waals surface area contributed by atoms with Crippen LogP contribution in [0.2, 0.25) is 5.02 Å². The van der Waals surface area contributed by atoms with Crippen LogP contribution in [0.1, 0.15) is 25.0 Å². The second kappa shape index (κ2) is 7.79. The van der Waals surface area contributed by atoms with E-state index in [9.17, 15) is 9.59 Å². The Hall–Kier alpha value is -2.24. The summed E-state index contributed by atoms with van der Waals surface area (Å²) >= 11 is 7.60. The van der Waals surface area contributed by atoms with Gasteiger partial charge in [-0.25, -0.2) is 4.90 Å². The van der Waals surface area contributed by atoms with E-state index in [2.05, 4.69) is 0 Å². The number of halogens is 1. The first-order chi connectivity index (χ1) is 12.9. The minimum absolute atomic E-state index is 0.141. The average molecular weight is 402 g/mol. The van der Waals surface area contributed by atoms with E-state index in [-0.39, 0.29) is 17.1 Å². The van der Waals surface area contributed by atoms with Crippen molar-refractivity contribution in [2.24, 2.45) is 0 Å². The first-order valence-electron chi connectivity index (χ1n) is 8.55.